The molecule has 1 heteroatoms. The van der Waals surface area contributed by atoms with Crippen LogP contribution >= 0.6 is 0 Å². The van der Waals surface area contributed by atoms with E-state index in [2.05, 4.69) is 194 Å². The summed E-state index contributed by atoms with van der Waals surface area (Å²) in [6.45, 7) is 0. The monoisotopic (exact) mass is 698 g/mol. The van der Waals surface area contributed by atoms with Crippen molar-refractivity contribution in [1.82, 2.24) is 0 Å². The largest absolute Gasteiger partial charge is 0.456 e. The van der Waals surface area contributed by atoms with Gasteiger partial charge in [0.1, 0.15) is 11.2 Å². The first kappa shape index (κ1) is 31.3. The molecule has 0 aliphatic rings. The highest BCUT2D eigenvalue weighted by atomic mass is 16.3. The fourth-order valence-corrected chi connectivity index (χ4v) is 8.67. The average molecular weight is 699 g/mol. The van der Waals surface area contributed by atoms with Gasteiger partial charge in [-0.15, -0.1) is 0 Å². The van der Waals surface area contributed by atoms with E-state index in [0.29, 0.717) is 0 Å². The lowest BCUT2D eigenvalue weighted by atomic mass is 9.85. The third kappa shape index (κ3) is 5.24. The molecular formula is C54H34O. The van der Waals surface area contributed by atoms with Crippen molar-refractivity contribution >= 4 is 54.3 Å². The van der Waals surface area contributed by atoms with Gasteiger partial charge in [0, 0.05) is 10.8 Å². The Balaban J connectivity index is 1.03. The summed E-state index contributed by atoms with van der Waals surface area (Å²) in [5.74, 6) is 0. The van der Waals surface area contributed by atoms with Crippen molar-refractivity contribution in [1.29, 1.82) is 0 Å². The standard InChI is InChI=1S/C54H34O/c1-2-13-38-32-40(29-24-35(38)12-1)39-14-11-15-42(33-39)54-48-21-7-5-19-46(48)53(47-20-6-8-22-49(47)54)37-27-25-36(26-28-37)43-16-3-4-17-44(43)41-30-31-52-50(34-41)45-18-9-10-23-51(45)55-52/h1-34H. The van der Waals surface area contributed by atoms with E-state index in [-0.39, 0.29) is 0 Å². The molecule has 0 aliphatic heterocycles. The van der Waals surface area contributed by atoms with Crippen molar-refractivity contribution in [3.8, 4) is 55.6 Å². The molecule has 0 saturated heterocycles. The number of furan rings is 1. The molecule has 1 nitrogen and oxygen atoms in total. The molecule has 0 saturated carbocycles. The maximum absolute atomic E-state index is 6.14. The van der Waals surface area contributed by atoms with Crippen LogP contribution in [0.25, 0.3) is 110 Å². The first-order valence-corrected chi connectivity index (χ1v) is 18.9. The molecule has 0 fully saturated rings. The van der Waals surface area contributed by atoms with Gasteiger partial charge in [0.15, 0.2) is 0 Å². The van der Waals surface area contributed by atoms with Crippen molar-refractivity contribution in [2.24, 2.45) is 0 Å². The van der Waals surface area contributed by atoms with Crippen LogP contribution < -0.4 is 0 Å². The minimum absolute atomic E-state index is 0.912. The molecule has 1 aromatic heterocycles. The van der Waals surface area contributed by atoms with Crippen LogP contribution in [0.5, 0.6) is 0 Å². The SMILES string of the molecule is c1cc(-c2ccc3ccccc3c2)cc(-c2c3ccccc3c(-c3ccc(-c4ccccc4-c4ccc5oc6ccccc6c5c4)cc3)c3ccccc23)c1. The lowest BCUT2D eigenvalue weighted by molar-refractivity contribution is 0.669. The van der Waals surface area contributed by atoms with Crippen LogP contribution in [0.3, 0.4) is 0 Å². The second kappa shape index (κ2) is 12.7. The highest BCUT2D eigenvalue weighted by Crippen LogP contribution is 2.45. The molecule has 11 rings (SSSR count). The second-order valence-electron chi connectivity index (χ2n) is 14.4. The number of rotatable bonds is 5. The van der Waals surface area contributed by atoms with Crippen LogP contribution in [0.1, 0.15) is 0 Å². The van der Waals surface area contributed by atoms with Gasteiger partial charge in [0.05, 0.1) is 0 Å². The second-order valence-corrected chi connectivity index (χ2v) is 14.4. The molecule has 0 amide bonds. The van der Waals surface area contributed by atoms with Gasteiger partial charge in [0.25, 0.3) is 0 Å². The summed E-state index contributed by atoms with van der Waals surface area (Å²) in [6.07, 6.45) is 0. The Morgan fingerprint density at radius 1 is 0.236 bits per heavy atom. The molecule has 256 valence electrons. The minimum Gasteiger partial charge on any atom is -0.456 e. The summed E-state index contributed by atoms with van der Waals surface area (Å²) in [5, 5.41) is 9.80. The van der Waals surface area contributed by atoms with Crippen molar-refractivity contribution in [2.45, 2.75) is 0 Å². The fraction of sp³-hybridized carbons (Fsp3) is 0. The first-order valence-electron chi connectivity index (χ1n) is 18.9. The summed E-state index contributed by atoms with van der Waals surface area (Å²) in [6, 6.07) is 74.9. The van der Waals surface area contributed by atoms with Gasteiger partial charge < -0.3 is 4.42 Å². The topological polar surface area (TPSA) is 13.1 Å². The predicted octanol–water partition coefficient (Wildman–Crippen LogP) is 15.4. The summed E-state index contributed by atoms with van der Waals surface area (Å²) < 4.78 is 6.14. The van der Waals surface area contributed by atoms with E-state index in [1.54, 1.807) is 0 Å². The van der Waals surface area contributed by atoms with Crippen LogP contribution in [0.4, 0.5) is 0 Å². The van der Waals surface area contributed by atoms with Gasteiger partial charge in [-0.3, -0.25) is 0 Å². The van der Waals surface area contributed by atoms with E-state index < -0.39 is 0 Å². The smallest absolute Gasteiger partial charge is 0.135 e. The van der Waals surface area contributed by atoms with Gasteiger partial charge in [-0.1, -0.05) is 176 Å². The zero-order valence-electron chi connectivity index (χ0n) is 30.0. The maximum Gasteiger partial charge on any atom is 0.135 e. The van der Waals surface area contributed by atoms with Crippen molar-refractivity contribution in [3.05, 3.63) is 206 Å². The predicted molar refractivity (Wildman–Crippen MR) is 233 cm³/mol. The molecule has 0 N–H and O–H groups in total. The molecule has 11 aromatic rings. The molecule has 55 heavy (non-hydrogen) atoms. The number of hydrogen-bond acceptors (Lipinski definition) is 1. The third-order valence-electron chi connectivity index (χ3n) is 11.3. The Kier molecular flexibility index (Phi) is 7.25. The average Bonchev–Trinajstić information content (AvgIpc) is 3.63. The van der Waals surface area contributed by atoms with Crippen LogP contribution in [0, 0.1) is 0 Å². The first-order chi connectivity index (χ1) is 27.3. The molecule has 0 spiro atoms. The van der Waals surface area contributed by atoms with E-state index >= 15 is 0 Å². The number of benzene rings is 10. The normalized spacial score (nSPS) is 11.6. The van der Waals surface area contributed by atoms with Crippen LogP contribution in [-0.2, 0) is 0 Å². The summed E-state index contributed by atoms with van der Waals surface area (Å²) in [4.78, 5) is 0. The number of hydrogen-bond donors (Lipinski definition) is 0. The lowest BCUT2D eigenvalue weighted by Gasteiger charge is -2.18. The molecule has 1 heterocycles. The van der Waals surface area contributed by atoms with Crippen molar-refractivity contribution in [2.75, 3.05) is 0 Å². The molecular weight excluding hydrogens is 665 g/mol. The molecule has 10 aromatic carbocycles. The third-order valence-corrected chi connectivity index (χ3v) is 11.3. The fourth-order valence-electron chi connectivity index (χ4n) is 8.67. The van der Waals surface area contributed by atoms with E-state index in [0.717, 1.165) is 21.9 Å². The van der Waals surface area contributed by atoms with E-state index in [9.17, 15) is 0 Å². The Bertz CT molecular complexity index is 3200. The molecule has 0 unspecified atom stereocenters. The summed E-state index contributed by atoms with van der Waals surface area (Å²) in [7, 11) is 0. The van der Waals surface area contributed by atoms with Crippen LogP contribution in [-0.4, -0.2) is 0 Å². The highest BCUT2D eigenvalue weighted by Gasteiger charge is 2.18. The zero-order valence-corrected chi connectivity index (χ0v) is 30.0. The highest BCUT2D eigenvalue weighted by molar-refractivity contribution is 6.21. The Morgan fingerprint density at radius 2 is 0.727 bits per heavy atom. The summed E-state index contributed by atoms with van der Waals surface area (Å²) >= 11 is 0. The molecule has 0 radical (unpaired) electrons. The van der Waals surface area contributed by atoms with Crippen molar-refractivity contribution in [3.63, 3.8) is 0 Å². The number of para-hydroxylation sites is 1. The quantitative estimate of drug-likeness (QED) is 0.163. The van der Waals surface area contributed by atoms with E-state index in [1.165, 1.54) is 88.0 Å². The van der Waals surface area contributed by atoms with Gasteiger partial charge >= 0.3 is 0 Å². The van der Waals surface area contributed by atoms with Gasteiger partial charge in [-0.05, 0) is 118 Å². The molecule has 0 bridgehead atoms. The Labute approximate surface area is 319 Å². The van der Waals surface area contributed by atoms with E-state index in [1.807, 2.05) is 12.1 Å². The zero-order chi connectivity index (χ0) is 36.3. The number of fused-ring (bicyclic) bond motifs is 6. The minimum atomic E-state index is 0.912. The van der Waals surface area contributed by atoms with E-state index in [4.69, 9.17) is 4.42 Å². The van der Waals surface area contributed by atoms with Gasteiger partial charge in [-0.25, -0.2) is 0 Å². The van der Waals surface area contributed by atoms with Crippen LogP contribution in [0.15, 0.2) is 211 Å². The lowest BCUT2D eigenvalue weighted by Crippen LogP contribution is -1.91. The Hall–Kier alpha value is -7.22. The van der Waals surface area contributed by atoms with Gasteiger partial charge in [-0.2, -0.15) is 0 Å². The summed E-state index contributed by atoms with van der Waals surface area (Å²) in [5.41, 5.74) is 14.0. The molecule has 0 aliphatic carbocycles. The van der Waals surface area contributed by atoms with Crippen molar-refractivity contribution < 1.29 is 4.42 Å². The van der Waals surface area contributed by atoms with Gasteiger partial charge in [0.2, 0.25) is 0 Å². The maximum atomic E-state index is 6.14. The Morgan fingerprint density at radius 3 is 1.45 bits per heavy atom. The molecule has 0 atom stereocenters. The van der Waals surface area contributed by atoms with Crippen LogP contribution in [0.2, 0.25) is 0 Å².